The van der Waals surface area contributed by atoms with E-state index in [1.54, 1.807) is 0 Å². The fourth-order valence-corrected chi connectivity index (χ4v) is 2.80. The molecule has 4 nitrogen and oxygen atoms in total. The second-order valence-corrected chi connectivity index (χ2v) is 5.24. The molecule has 0 N–H and O–H groups in total. The maximum absolute atomic E-state index is 5.51. The Morgan fingerprint density at radius 1 is 1.00 bits per heavy atom. The van der Waals surface area contributed by atoms with Gasteiger partial charge in [0.2, 0.25) is 0 Å². The van der Waals surface area contributed by atoms with Gasteiger partial charge in [-0.15, -0.1) is 0 Å². The average Bonchev–Trinajstić information content (AvgIpc) is 2.49. The van der Waals surface area contributed by atoms with Gasteiger partial charge in [0.1, 0.15) is 0 Å². The summed E-state index contributed by atoms with van der Waals surface area (Å²) in [5.41, 5.74) is 2.61. The third-order valence-corrected chi connectivity index (χ3v) is 3.91. The zero-order valence-electron chi connectivity index (χ0n) is 11.5. The minimum absolute atomic E-state index is 0.452. The number of benzene rings is 1. The van der Waals surface area contributed by atoms with Crippen molar-refractivity contribution in [2.75, 3.05) is 55.9 Å². The van der Waals surface area contributed by atoms with Gasteiger partial charge in [-0.05, 0) is 25.1 Å². The van der Waals surface area contributed by atoms with Crippen LogP contribution in [-0.4, -0.2) is 52.1 Å². The second-order valence-electron chi connectivity index (χ2n) is 5.24. The molecule has 4 heteroatoms. The quantitative estimate of drug-likeness (QED) is 0.810. The summed E-state index contributed by atoms with van der Waals surface area (Å²) in [4.78, 5) is 4.84. The van der Waals surface area contributed by atoms with Crippen molar-refractivity contribution in [3.63, 3.8) is 0 Å². The first-order valence-electron chi connectivity index (χ1n) is 7.12. The highest BCUT2D eigenvalue weighted by Gasteiger charge is 2.20. The number of ether oxygens (including phenoxy) is 2. The van der Waals surface area contributed by atoms with Crippen LogP contribution in [0.25, 0.3) is 0 Å². The van der Waals surface area contributed by atoms with Crippen molar-refractivity contribution in [1.82, 2.24) is 0 Å². The normalized spacial score (nSPS) is 24.6. The standard InChI is InChI=1S/C15H22N2O2/c1-13-12-19-10-7-17(13)15-4-2-3-14(11-15)16-5-8-18-9-6-16/h2-4,11,13H,5-10,12H2,1H3/t13-/m0/s1. The summed E-state index contributed by atoms with van der Waals surface area (Å²) >= 11 is 0. The molecule has 1 aromatic rings. The molecule has 0 unspecified atom stereocenters. The molecular weight excluding hydrogens is 240 g/mol. The van der Waals surface area contributed by atoms with Gasteiger partial charge in [-0.1, -0.05) is 6.07 Å². The first-order chi connectivity index (χ1) is 9.34. The monoisotopic (exact) mass is 262 g/mol. The van der Waals surface area contributed by atoms with Crippen LogP contribution >= 0.6 is 0 Å². The minimum atomic E-state index is 0.452. The topological polar surface area (TPSA) is 24.9 Å². The molecule has 2 heterocycles. The van der Waals surface area contributed by atoms with Crippen LogP contribution in [0.3, 0.4) is 0 Å². The first kappa shape index (κ1) is 12.8. The van der Waals surface area contributed by atoms with Crippen LogP contribution in [0.2, 0.25) is 0 Å². The van der Waals surface area contributed by atoms with Gasteiger partial charge in [0.25, 0.3) is 0 Å². The summed E-state index contributed by atoms with van der Waals surface area (Å²) in [6.45, 7) is 8.49. The number of hydrogen-bond acceptors (Lipinski definition) is 4. The van der Waals surface area contributed by atoms with Crippen LogP contribution in [0.5, 0.6) is 0 Å². The van der Waals surface area contributed by atoms with Gasteiger partial charge >= 0.3 is 0 Å². The molecule has 0 radical (unpaired) electrons. The van der Waals surface area contributed by atoms with Gasteiger partial charge in [-0.2, -0.15) is 0 Å². The Hall–Kier alpha value is -1.26. The van der Waals surface area contributed by atoms with Gasteiger partial charge in [0, 0.05) is 37.1 Å². The van der Waals surface area contributed by atoms with Crippen LogP contribution in [0.15, 0.2) is 24.3 Å². The molecule has 0 aliphatic carbocycles. The van der Waals surface area contributed by atoms with Crippen molar-refractivity contribution < 1.29 is 9.47 Å². The fourth-order valence-electron chi connectivity index (χ4n) is 2.80. The summed E-state index contributed by atoms with van der Waals surface area (Å²) in [5, 5.41) is 0. The number of nitrogens with zero attached hydrogens (tertiary/aromatic N) is 2. The van der Waals surface area contributed by atoms with E-state index in [-0.39, 0.29) is 0 Å². The fraction of sp³-hybridized carbons (Fsp3) is 0.600. The molecule has 2 fully saturated rings. The minimum Gasteiger partial charge on any atom is -0.378 e. The highest BCUT2D eigenvalue weighted by molar-refractivity contribution is 5.60. The molecule has 3 rings (SSSR count). The van der Waals surface area contributed by atoms with E-state index in [0.29, 0.717) is 6.04 Å². The molecule has 2 aliphatic rings. The van der Waals surface area contributed by atoms with Crippen LogP contribution in [-0.2, 0) is 9.47 Å². The first-order valence-corrected chi connectivity index (χ1v) is 7.12. The van der Waals surface area contributed by atoms with E-state index in [4.69, 9.17) is 9.47 Å². The van der Waals surface area contributed by atoms with Gasteiger partial charge in [0.15, 0.2) is 0 Å². The van der Waals surface area contributed by atoms with Crippen molar-refractivity contribution in [3.05, 3.63) is 24.3 Å². The maximum Gasteiger partial charge on any atom is 0.0668 e. The van der Waals surface area contributed by atoms with Crippen molar-refractivity contribution in [3.8, 4) is 0 Å². The SMILES string of the molecule is C[C@H]1COCCN1c1cccc(N2CCOCC2)c1. The Balaban J connectivity index is 1.78. The lowest BCUT2D eigenvalue weighted by molar-refractivity contribution is 0.0989. The van der Waals surface area contributed by atoms with Crippen molar-refractivity contribution in [2.45, 2.75) is 13.0 Å². The molecule has 2 aliphatic heterocycles. The van der Waals surface area contributed by atoms with E-state index < -0.39 is 0 Å². The number of anilines is 2. The Labute approximate surface area is 114 Å². The molecule has 0 spiro atoms. The number of rotatable bonds is 2. The molecule has 104 valence electrons. The lowest BCUT2D eigenvalue weighted by Crippen LogP contribution is -2.43. The van der Waals surface area contributed by atoms with E-state index in [0.717, 1.165) is 46.1 Å². The summed E-state index contributed by atoms with van der Waals surface area (Å²) in [6.07, 6.45) is 0. The predicted molar refractivity (Wildman–Crippen MR) is 77.1 cm³/mol. The Bertz CT molecular complexity index is 418. The van der Waals surface area contributed by atoms with Gasteiger partial charge < -0.3 is 19.3 Å². The van der Waals surface area contributed by atoms with E-state index in [9.17, 15) is 0 Å². The molecule has 0 aromatic heterocycles. The molecule has 19 heavy (non-hydrogen) atoms. The molecular formula is C15H22N2O2. The van der Waals surface area contributed by atoms with Crippen LogP contribution < -0.4 is 9.80 Å². The number of morpholine rings is 2. The number of hydrogen-bond donors (Lipinski definition) is 0. The van der Waals surface area contributed by atoms with Gasteiger partial charge in [0.05, 0.1) is 26.4 Å². The van der Waals surface area contributed by atoms with Crippen LogP contribution in [0.1, 0.15) is 6.92 Å². The lowest BCUT2D eigenvalue weighted by Gasteiger charge is -2.36. The Morgan fingerprint density at radius 3 is 2.53 bits per heavy atom. The van der Waals surface area contributed by atoms with Gasteiger partial charge in [-0.3, -0.25) is 0 Å². The Kier molecular flexibility index (Phi) is 3.89. The smallest absolute Gasteiger partial charge is 0.0668 e. The van der Waals surface area contributed by atoms with E-state index in [2.05, 4.69) is 41.0 Å². The second kappa shape index (κ2) is 5.80. The van der Waals surface area contributed by atoms with E-state index in [1.807, 2.05) is 0 Å². The Morgan fingerprint density at radius 2 is 1.74 bits per heavy atom. The third-order valence-electron chi connectivity index (χ3n) is 3.91. The van der Waals surface area contributed by atoms with E-state index in [1.165, 1.54) is 11.4 Å². The molecule has 1 atom stereocenters. The van der Waals surface area contributed by atoms with E-state index >= 15 is 0 Å². The largest absolute Gasteiger partial charge is 0.378 e. The van der Waals surface area contributed by atoms with Crippen molar-refractivity contribution in [1.29, 1.82) is 0 Å². The molecule has 0 bridgehead atoms. The molecule has 0 amide bonds. The molecule has 0 saturated carbocycles. The molecule has 2 saturated heterocycles. The van der Waals surface area contributed by atoms with Crippen molar-refractivity contribution in [2.24, 2.45) is 0 Å². The highest BCUT2D eigenvalue weighted by Crippen LogP contribution is 2.25. The average molecular weight is 262 g/mol. The highest BCUT2D eigenvalue weighted by atomic mass is 16.5. The summed E-state index contributed by atoms with van der Waals surface area (Å²) < 4.78 is 10.9. The van der Waals surface area contributed by atoms with Crippen LogP contribution in [0.4, 0.5) is 11.4 Å². The van der Waals surface area contributed by atoms with Crippen LogP contribution in [0, 0.1) is 0 Å². The summed E-state index contributed by atoms with van der Waals surface area (Å²) in [7, 11) is 0. The molecule has 1 aromatic carbocycles. The predicted octanol–water partition coefficient (Wildman–Crippen LogP) is 1.75. The zero-order chi connectivity index (χ0) is 13.1. The lowest BCUT2D eigenvalue weighted by atomic mass is 10.2. The summed E-state index contributed by atoms with van der Waals surface area (Å²) in [6, 6.07) is 9.30. The third kappa shape index (κ3) is 2.85. The van der Waals surface area contributed by atoms with Crippen molar-refractivity contribution >= 4 is 11.4 Å². The summed E-state index contributed by atoms with van der Waals surface area (Å²) in [5.74, 6) is 0. The zero-order valence-corrected chi connectivity index (χ0v) is 11.5. The maximum atomic E-state index is 5.51. The van der Waals surface area contributed by atoms with Gasteiger partial charge in [-0.25, -0.2) is 0 Å².